The highest BCUT2D eigenvalue weighted by Gasteiger charge is 2.29. The summed E-state index contributed by atoms with van der Waals surface area (Å²) in [5.41, 5.74) is 0. The number of hydrogen-bond acceptors (Lipinski definition) is 2. The highest BCUT2D eigenvalue weighted by atomic mass is 79.9. The van der Waals surface area contributed by atoms with Gasteiger partial charge in [0.05, 0.1) is 10.9 Å². The van der Waals surface area contributed by atoms with Gasteiger partial charge >= 0.3 is 0 Å². The van der Waals surface area contributed by atoms with Gasteiger partial charge in [0.1, 0.15) is 0 Å². The van der Waals surface area contributed by atoms with Crippen LogP contribution in [0.3, 0.4) is 0 Å². The average molecular weight is 250 g/mol. The minimum Gasteiger partial charge on any atom is -0.380 e. The largest absolute Gasteiger partial charge is 0.380 e. The van der Waals surface area contributed by atoms with Gasteiger partial charge in [-0.1, -0.05) is 15.9 Å². The summed E-state index contributed by atoms with van der Waals surface area (Å²) in [7, 11) is 0. The van der Waals surface area contributed by atoms with Crippen molar-refractivity contribution in [3.63, 3.8) is 0 Å². The number of alkyl halides is 1. The van der Waals surface area contributed by atoms with Crippen molar-refractivity contribution in [3.8, 4) is 0 Å². The van der Waals surface area contributed by atoms with Gasteiger partial charge in [0.2, 0.25) is 5.91 Å². The Morgan fingerprint density at radius 3 is 2.69 bits per heavy atom. The van der Waals surface area contributed by atoms with Gasteiger partial charge in [0, 0.05) is 19.7 Å². The molecular weight excluding hydrogens is 234 g/mol. The molecule has 0 aromatic rings. The number of hydrogen-bond donors (Lipinski definition) is 0. The van der Waals surface area contributed by atoms with E-state index in [-0.39, 0.29) is 5.91 Å². The topological polar surface area (TPSA) is 29.5 Å². The fourth-order valence-electron chi connectivity index (χ4n) is 1.33. The van der Waals surface area contributed by atoms with Crippen LogP contribution in [-0.2, 0) is 9.53 Å². The molecular formula is C9H16BrNO2. The van der Waals surface area contributed by atoms with Crippen molar-refractivity contribution in [2.75, 3.05) is 26.3 Å². The van der Waals surface area contributed by atoms with Crippen molar-refractivity contribution in [1.82, 2.24) is 4.90 Å². The van der Waals surface area contributed by atoms with Crippen LogP contribution in [0.2, 0.25) is 0 Å². The lowest BCUT2D eigenvalue weighted by atomic mass is 10.2. The Morgan fingerprint density at radius 2 is 2.08 bits per heavy atom. The Kier molecular flexibility index (Phi) is 3.74. The Hall–Kier alpha value is -0.0900. The van der Waals surface area contributed by atoms with E-state index in [2.05, 4.69) is 15.9 Å². The zero-order chi connectivity index (χ0) is 9.90. The van der Waals surface area contributed by atoms with E-state index >= 15 is 0 Å². The highest BCUT2D eigenvalue weighted by molar-refractivity contribution is 9.10. The number of rotatable bonds is 1. The maximum absolute atomic E-state index is 11.8. The summed E-state index contributed by atoms with van der Waals surface area (Å²) in [6.07, 6.45) is 0.939. The van der Waals surface area contributed by atoms with Crippen LogP contribution in [0.15, 0.2) is 0 Å². The van der Waals surface area contributed by atoms with Crippen LogP contribution in [-0.4, -0.2) is 41.4 Å². The third kappa shape index (κ3) is 3.27. The maximum atomic E-state index is 11.8. The molecule has 1 heterocycles. The molecule has 0 saturated carbocycles. The van der Waals surface area contributed by atoms with E-state index in [0.29, 0.717) is 13.2 Å². The normalized spacial score (nSPS) is 19.8. The van der Waals surface area contributed by atoms with Crippen LogP contribution in [0.25, 0.3) is 0 Å². The zero-order valence-corrected chi connectivity index (χ0v) is 9.76. The molecule has 1 saturated heterocycles. The van der Waals surface area contributed by atoms with E-state index in [9.17, 15) is 4.79 Å². The van der Waals surface area contributed by atoms with E-state index in [1.54, 1.807) is 0 Å². The van der Waals surface area contributed by atoms with Crippen LogP contribution in [0, 0.1) is 0 Å². The minimum absolute atomic E-state index is 0.151. The highest BCUT2D eigenvalue weighted by Crippen LogP contribution is 2.19. The molecule has 0 N–H and O–H groups in total. The summed E-state index contributed by atoms with van der Waals surface area (Å²) >= 11 is 3.37. The van der Waals surface area contributed by atoms with Gasteiger partial charge < -0.3 is 9.64 Å². The lowest BCUT2D eigenvalue weighted by Crippen LogP contribution is -2.42. The summed E-state index contributed by atoms with van der Waals surface area (Å²) in [6, 6.07) is 0. The van der Waals surface area contributed by atoms with Gasteiger partial charge in [-0.3, -0.25) is 4.79 Å². The van der Waals surface area contributed by atoms with Crippen molar-refractivity contribution in [2.24, 2.45) is 0 Å². The summed E-state index contributed by atoms with van der Waals surface area (Å²) in [6.45, 7) is 6.71. The van der Waals surface area contributed by atoms with E-state index in [4.69, 9.17) is 4.74 Å². The number of nitrogens with zero attached hydrogens (tertiary/aromatic N) is 1. The van der Waals surface area contributed by atoms with Gasteiger partial charge in [-0.2, -0.15) is 0 Å². The molecule has 0 aliphatic carbocycles. The molecule has 0 aromatic heterocycles. The van der Waals surface area contributed by atoms with E-state index in [1.165, 1.54) is 0 Å². The van der Waals surface area contributed by atoms with Crippen LogP contribution >= 0.6 is 15.9 Å². The zero-order valence-electron chi connectivity index (χ0n) is 8.18. The number of ether oxygens (including phenoxy) is 1. The number of carbonyl (C=O) groups excluding carboxylic acids is 1. The van der Waals surface area contributed by atoms with E-state index < -0.39 is 4.32 Å². The van der Waals surface area contributed by atoms with E-state index in [0.717, 1.165) is 19.6 Å². The van der Waals surface area contributed by atoms with Crippen molar-refractivity contribution < 1.29 is 9.53 Å². The fourth-order valence-corrected chi connectivity index (χ4v) is 1.58. The summed E-state index contributed by atoms with van der Waals surface area (Å²) in [5.74, 6) is 0.151. The minimum atomic E-state index is -0.447. The van der Waals surface area contributed by atoms with Crippen molar-refractivity contribution in [1.29, 1.82) is 0 Å². The molecule has 1 amide bonds. The first kappa shape index (κ1) is 11.0. The van der Waals surface area contributed by atoms with Gasteiger partial charge in [0.15, 0.2) is 0 Å². The number of amides is 1. The van der Waals surface area contributed by atoms with Crippen LogP contribution in [0.4, 0.5) is 0 Å². The third-order valence-electron chi connectivity index (χ3n) is 2.02. The number of halogens is 1. The van der Waals surface area contributed by atoms with Crippen molar-refractivity contribution in [2.45, 2.75) is 24.6 Å². The summed E-state index contributed by atoms with van der Waals surface area (Å²) in [4.78, 5) is 13.7. The van der Waals surface area contributed by atoms with Crippen LogP contribution in [0.1, 0.15) is 20.3 Å². The molecule has 4 heteroatoms. The Morgan fingerprint density at radius 1 is 1.38 bits per heavy atom. The van der Waals surface area contributed by atoms with Gasteiger partial charge in [-0.15, -0.1) is 0 Å². The predicted octanol–water partition coefficient (Wildman–Crippen LogP) is 1.41. The Bertz CT molecular complexity index is 181. The van der Waals surface area contributed by atoms with Crippen LogP contribution < -0.4 is 0 Å². The standard InChI is InChI=1S/C9H16BrNO2/c1-9(2,10)8(12)11-4-3-6-13-7-5-11/h3-7H2,1-2H3. The number of carbonyl (C=O) groups is 1. The Balaban J connectivity index is 2.54. The molecule has 76 valence electrons. The van der Waals surface area contributed by atoms with Gasteiger partial charge in [-0.25, -0.2) is 0 Å². The molecule has 1 rings (SSSR count). The SMILES string of the molecule is CC(C)(Br)C(=O)N1CCCOCC1. The van der Waals surface area contributed by atoms with Gasteiger partial charge in [0.25, 0.3) is 0 Å². The fraction of sp³-hybridized carbons (Fsp3) is 0.889. The molecule has 0 unspecified atom stereocenters. The molecule has 0 atom stereocenters. The Labute approximate surface area is 87.6 Å². The first-order chi connectivity index (χ1) is 6.02. The third-order valence-corrected chi connectivity index (χ3v) is 2.36. The molecule has 0 aromatic carbocycles. The molecule has 0 bridgehead atoms. The van der Waals surface area contributed by atoms with Gasteiger partial charge in [-0.05, 0) is 20.3 Å². The second-order valence-corrected chi connectivity index (χ2v) is 5.71. The average Bonchev–Trinajstić information content (AvgIpc) is 2.28. The monoisotopic (exact) mass is 249 g/mol. The lowest BCUT2D eigenvalue weighted by molar-refractivity contribution is -0.132. The van der Waals surface area contributed by atoms with E-state index in [1.807, 2.05) is 18.7 Å². The second kappa shape index (κ2) is 4.42. The molecule has 1 aliphatic rings. The molecule has 3 nitrogen and oxygen atoms in total. The molecule has 13 heavy (non-hydrogen) atoms. The van der Waals surface area contributed by atoms with Crippen molar-refractivity contribution >= 4 is 21.8 Å². The molecule has 0 radical (unpaired) electrons. The molecule has 1 aliphatic heterocycles. The van der Waals surface area contributed by atoms with Crippen LogP contribution in [0.5, 0.6) is 0 Å². The first-order valence-electron chi connectivity index (χ1n) is 4.58. The smallest absolute Gasteiger partial charge is 0.238 e. The molecule has 1 fully saturated rings. The first-order valence-corrected chi connectivity index (χ1v) is 5.37. The van der Waals surface area contributed by atoms with Crippen molar-refractivity contribution in [3.05, 3.63) is 0 Å². The second-order valence-electron chi connectivity index (χ2n) is 3.73. The summed E-state index contributed by atoms with van der Waals surface area (Å²) in [5, 5.41) is 0. The lowest BCUT2D eigenvalue weighted by Gasteiger charge is -2.26. The predicted molar refractivity (Wildman–Crippen MR) is 55.0 cm³/mol. The maximum Gasteiger partial charge on any atom is 0.238 e. The quantitative estimate of drug-likeness (QED) is 0.658. The molecule has 0 spiro atoms. The summed E-state index contributed by atoms with van der Waals surface area (Å²) < 4.78 is 4.83.